The van der Waals surface area contributed by atoms with E-state index in [4.69, 9.17) is 0 Å². The second-order valence-electron chi connectivity index (χ2n) is 4.20. The summed E-state index contributed by atoms with van der Waals surface area (Å²) in [6, 6.07) is 0. The summed E-state index contributed by atoms with van der Waals surface area (Å²) >= 11 is 0. The number of hydrogen-bond donors (Lipinski definition) is 0. The van der Waals surface area contributed by atoms with Gasteiger partial charge < -0.3 is 4.90 Å². The van der Waals surface area contributed by atoms with Crippen LogP contribution >= 0.6 is 0 Å². The van der Waals surface area contributed by atoms with Gasteiger partial charge >= 0.3 is 0 Å². The fourth-order valence-electron chi connectivity index (χ4n) is 1.64. The Morgan fingerprint density at radius 2 is 0.867 bits per heavy atom. The van der Waals surface area contributed by atoms with Crippen LogP contribution in [0.15, 0.2) is 0 Å². The zero-order chi connectivity index (χ0) is 11.9. The van der Waals surface area contributed by atoms with Crippen LogP contribution in [0.5, 0.6) is 0 Å². The van der Waals surface area contributed by atoms with Crippen LogP contribution in [0.25, 0.3) is 0 Å². The third-order valence-electron chi connectivity index (χ3n) is 2.33. The maximum atomic E-state index is 2.54. The zero-order valence-corrected chi connectivity index (χ0v) is 11.8. The van der Waals surface area contributed by atoms with Gasteiger partial charge in [-0.05, 0) is 38.9 Å². The molecule has 0 spiro atoms. The topological polar surface area (TPSA) is 3.24 Å². The molecule has 0 N–H and O–H groups in total. The predicted octanol–water partition coefficient (Wildman–Crippen LogP) is 4.71. The molecule has 94 valence electrons. The highest BCUT2D eigenvalue weighted by Crippen LogP contribution is 1.94. The van der Waals surface area contributed by atoms with Crippen molar-refractivity contribution >= 4 is 0 Å². The Morgan fingerprint density at radius 1 is 0.533 bits per heavy atom. The second-order valence-corrected chi connectivity index (χ2v) is 4.20. The van der Waals surface area contributed by atoms with E-state index in [0.717, 1.165) is 0 Å². The van der Waals surface area contributed by atoms with Gasteiger partial charge in [0.05, 0.1) is 0 Å². The fourth-order valence-corrected chi connectivity index (χ4v) is 1.64. The van der Waals surface area contributed by atoms with Crippen molar-refractivity contribution in [3.63, 3.8) is 0 Å². The summed E-state index contributed by atoms with van der Waals surface area (Å²) in [6.45, 7) is 15.0. The molecule has 0 saturated heterocycles. The van der Waals surface area contributed by atoms with Crippen LogP contribution in [0.1, 0.15) is 73.1 Å². The number of unbranched alkanes of at least 4 members (excludes halogenated alkanes) is 2. The molecule has 0 saturated carbocycles. The molecule has 0 rings (SSSR count). The van der Waals surface area contributed by atoms with Crippen molar-refractivity contribution < 1.29 is 0 Å². The van der Waals surface area contributed by atoms with Gasteiger partial charge in [-0.15, -0.1) is 0 Å². The molecule has 1 heteroatoms. The molecule has 0 radical (unpaired) electrons. The van der Waals surface area contributed by atoms with Crippen LogP contribution in [-0.4, -0.2) is 24.5 Å². The molecule has 0 aromatic carbocycles. The lowest BCUT2D eigenvalue weighted by atomic mass is 10.3. The molecule has 0 bridgehead atoms. The molecule has 0 aromatic rings. The molecule has 0 aromatic heterocycles. The highest BCUT2D eigenvalue weighted by Gasteiger charge is 1.98. The summed E-state index contributed by atoms with van der Waals surface area (Å²) < 4.78 is 0. The Hall–Kier alpha value is -0.0400. The number of hydrogen-bond acceptors (Lipinski definition) is 1. The quantitative estimate of drug-likeness (QED) is 0.566. The van der Waals surface area contributed by atoms with Gasteiger partial charge in [0.25, 0.3) is 0 Å². The van der Waals surface area contributed by atoms with Crippen molar-refractivity contribution in [2.45, 2.75) is 73.1 Å². The molecule has 1 nitrogen and oxygen atoms in total. The first-order valence-electron chi connectivity index (χ1n) is 6.98. The number of nitrogens with zero attached hydrogens (tertiary/aromatic N) is 1. The second kappa shape index (κ2) is 16.4. The first kappa shape index (κ1) is 17.4. The Morgan fingerprint density at radius 3 is 1.00 bits per heavy atom. The van der Waals surface area contributed by atoms with Crippen LogP contribution in [0.3, 0.4) is 0 Å². The van der Waals surface area contributed by atoms with Gasteiger partial charge in [-0.25, -0.2) is 0 Å². The highest BCUT2D eigenvalue weighted by atomic mass is 15.1. The van der Waals surface area contributed by atoms with Crippen LogP contribution in [0.2, 0.25) is 0 Å². The van der Waals surface area contributed by atoms with Crippen molar-refractivity contribution in [1.29, 1.82) is 0 Å². The van der Waals surface area contributed by atoms with Crippen molar-refractivity contribution in [2.24, 2.45) is 0 Å². The molecular weight excluding hydrogens is 182 g/mol. The van der Waals surface area contributed by atoms with E-state index < -0.39 is 0 Å². The Kier molecular flexibility index (Phi) is 19.0. The minimum absolute atomic E-state index is 1.28. The van der Waals surface area contributed by atoms with Gasteiger partial charge in [0.15, 0.2) is 0 Å². The summed E-state index contributed by atoms with van der Waals surface area (Å²) in [5.41, 5.74) is 0. The summed E-state index contributed by atoms with van der Waals surface area (Å²) in [7, 11) is 0. The Bertz CT molecular complexity index is 75.1. The lowest BCUT2D eigenvalue weighted by molar-refractivity contribution is 0.275. The van der Waals surface area contributed by atoms with Crippen LogP contribution < -0.4 is 0 Å². The van der Waals surface area contributed by atoms with E-state index in [9.17, 15) is 0 Å². The molecule has 0 fully saturated rings. The van der Waals surface area contributed by atoms with Gasteiger partial charge in [0.1, 0.15) is 0 Å². The van der Waals surface area contributed by atoms with E-state index in [1.54, 1.807) is 0 Å². The monoisotopic (exact) mass is 215 g/mol. The molecule has 0 aliphatic carbocycles. The van der Waals surface area contributed by atoms with Gasteiger partial charge in [-0.3, -0.25) is 0 Å². The van der Waals surface area contributed by atoms with Crippen molar-refractivity contribution in [2.75, 3.05) is 19.6 Å². The molecule has 0 atom stereocenters. The highest BCUT2D eigenvalue weighted by molar-refractivity contribution is 4.53. The average molecular weight is 215 g/mol. The Balaban J connectivity index is 0. The summed E-state index contributed by atoms with van der Waals surface area (Å²) in [4.78, 5) is 2.54. The minimum atomic E-state index is 1.28. The van der Waals surface area contributed by atoms with Gasteiger partial charge in [0.2, 0.25) is 0 Å². The Labute approximate surface area is 98.2 Å². The fraction of sp³-hybridized carbons (Fsp3) is 1.00. The number of rotatable bonds is 8. The van der Waals surface area contributed by atoms with E-state index in [1.165, 1.54) is 58.2 Å². The zero-order valence-electron chi connectivity index (χ0n) is 11.8. The van der Waals surface area contributed by atoms with Crippen molar-refractivity contribution in [3.05, 3.63) is 0 Å². The summed E-state index contributed by atoms with van der Waals surface area (Å²) in [6.07, 6.45) is 7.95. The predicted molar refractivity (Wildman–Crippen MR) is 72.5 cm³/mol. The van der Waals surface area contributed by atoms with Crippen LogP contribution in [0, 0.1) is 0 Å². The first-order valence-corrected chi connectivity index (χ1v) is 6.98. The summed E-state index contributed by atoms with van der Waals surface area (Å²) in [5.74, 6) is 0. The van der Waals surface area contributed by atoms with Gasteiger partial charge in [-0.1, -0.05) is 53.9 Å². The SMILES string of the molecule is CCCCC.CCCN(CCC)CCC. The van der Waals surface area contributed by atoms with E-state index in [2.05, 4.69) is 39.5 Å². The molecule has 0 aliphatic rings. The van der Waals surface area contributed by atoms with Crippen LogP contribution in [0.4, 0.5) is 0 Å². The van der Waals surface area contributed by atoms with Crippen molar-refractivity contribution in [3.8, 4) is 0 Å². The third kappa shape index (κ3) is 16.6. The molecule has 15 heavy (non-hydrogen) atoms. The van der Waals surface area contributed by atoms with E-state index in [-0.39, 0.29) is 0 Å². The third-order valence-corrected chi connectivity index (χ3v) is 2.33. The first-order chi connectivity index (χ1) is 7.26. The molecular formula is C14H33N. The molecule has 0 unspecified atom stereocenters. The maximum Gasteiger partial charge on any atom is -0.00214 e. The maximum absolute atomic E-state index is 2.54. The van der Waals surface area contributed by atoms with Crippen molar-refractivity contribution in [1.82, 2.24) is 4.90 Å². The molecule has 0 aliphatic heterocycles. The average Bonchev–Trinajstić information content (AvgIpc) is 2.21. The van der Waals surface area contributed by atoms with Crippen LogP contribution in [-0.2, 0) is 0 Å². The standard InChI is InChI=1S/C9H21N.C5H12/c1-4-7-10(8-5-2)9-6-3;1-3-5-4-2/h4-9H2,1-3H3;3-5H2,1-2H3. The minimum Gasteiger partial charge on any atom is -0.303 e. The normalized spacial score (nSPS) is 10.0. The van der Waals surface area contributed by atoms with E-state index >= 15 is 0 Å². The molecule has 0 heterocycles. The summed E-state index contributed by atoms with van der Waals surface area (Å²) in [5, 5.41) is 0. The van der Waals surface area contributed by atoms with E-state index in [1.807, 2.05) is 0 Å². The van der Waals surface area contributed by atoms with E-state index in [0.29, 0.717) is 0 Å². The largest absolute Gasteiger partial charge is 0.303 e. The smallest absolute Gasteiger partial charge is 0.00214 e. The lowest BCUT2D eigenvalue weighted by Crippen LogP contribution is -2.25. The lowest BCUT2D eigenvalue weighted by Gasteiger charge is -2.19. The van der Waals surface area contributed by atoms with Gasteiger partial charge in [0, 0.05) is 0 Å². The van der Waals surface area contributed by atoms with Gasteiger partial charge in [-0.2, -0.15) is 0 Å². The molecule has 0 amide bonds.